The van der Waals surface area contributed by atoms with Gasteiger partial charge in [-0.1, -0.05) is 55.9 Å². The highest BCUT2D eigenvalue weighted by atomic mass is 32.2. The van der Waals surface area contributed by atoms with Gasteiger partial charge in [-0.2, -0.15) is 27.7 Å². The lowest BCUT2D eigenvalue weighted by atomic mass is 10.0. The smallest absolute Gasteiger partial charge is 0.410 e. The van der Waals surface area contributed by atoms with Crippen LogP contribution in [0.5, 0.6) is 6.01 Å². The van der Waals surface area contributed by atoms with Gasteiger partial charge >= 0.3 is 22.3 Å². The number of rotatable bonds is 11. The summed E-state index contributed by atoms with van der Waals surface area (Å²) in [7, 11) is -4.10. The number of ether oxygens (including phenoxy) is 4. The molecule has 256 valence electrons. The maximum absolute atomic E-state index is 13.6. The molecular weight excluding hydrogens is 633 g/mol. The number of benzene rings is 1. The summed E-state index contributed by atoms with van der Waals surface area (Å²) in [5, 5.41) is 0.260. The summed E-state index contributed by atoms with van der Waals surface area (Å²) >= 11 is 1.36. The molecule has 1 unspecified atom stereocenters. The van der Waals surface area contributed by atoms with Crippen LogP contribution in [0.4, 0.5) is 10.7 Å². The number of carbonyl (C=O) groups excluding carboxylic acids is 1. The van der Waals surface area contributed by atoms with Crippen molar-refractivity contribution in [1.82, 2.24) is 24.2 Å². The lowest BCUT2D eigenvalue weighted by molar-refractivity contribution is -0.150. The zero-order chi connectivity index (χ0) is 33.9. The molecule has 1 aromatic carbocycles. The Morgan fingerprint density at radius 1 is 1.13 bits per heavy atom. The Hall–Kier alpha value is -2.72. The number of hydrogen-bond donors (Lipinski definition) is 1. The van der Waals surface area contributed by atoms with Crippen LogP contribution in [0, 0.1) is 5.92 Å². The Balaban J connectivity index is 1.57. The monoisotopic (exact) mass is 680 g/mol. The van der Waals surface area contributed by atoms with Crippen molar-refractivity contribution >= 4 is 34.0 Å². The van der Waals surface area contributed by atoms with E-state index in [1.807, 2.05) is 51.1 Å². The van der Waals surface area contributed by atoms with Crippen LogP contribution in [0.2, 0.25) is 0 Å². The summed E-state index contributed by atoms with van der Waals surface area (Å²) < 4.78 is 54.8. The molecular formula is C31H48N6O7S2. The Morgan fingerprint density at radius 2 is 1.83 bits per heavy atom. The van der Waals surface area contributed by atoms with E-state index >= 15 is 0 Å². The fourth-order valence-electron chi connectivity index (χ4n) is 5.13. The third-order valence-electron chi connectivity index (χ3n) is 7.33. The van der Waals surface area contributed by atoms with Crippen LogP contribution in [0.1, 0.15) is 79.5 Å². The molecule has 0 radical (unpaired) electrons. The third-order valence-corrected chi connectivity index (χ3v) is 9.80. The molecule has 4 rings (SSSR count). The van der Waals surface area contributed by atoms with Gasteiger partial charge in [0.1, 0.15) is 17.8 Å². The first-order valence-corrected chi connectivity index (χ1v) is 18.0. The number of hydrogen-bond acceptors (Lipinski definition) is 11. The van der Waals surface area contributed by atoms with Gasteiger partial charge in [0, 0.05) is 30.9 Å². The second-order valence-electron chi connectivity index (χ2n) is 13.5. The molecule has 1 N–H and O–H groups in total. The van der Waals surface area contributed by atoms with Crippen molar-refractivity contribution in [3.8, 4) is 6.01 Å². The minimum absolute atomic E-state index is 0.0162. The molecule has 2 saturated heterocycles. The first-order valence-electron chi connectivity index (χ1n) is 15.6. The van der Waals surface area contributed by atoms with Gasteiger partial charge in [0.2, 0.25) is 5.95 Å². The van der Waals surface area contributed by atoms with Gasteiger partial charge in [0.15, 0.2) is 10.9 Å². The van der Waals surface area contributed by atoms with Crippen LogP contribution < -0.4 is 9.46 Å². The minimum Gasteiger partial charge on any atom is -0.457 e. The van der Waals surface area contributed by atoms with Crippen molar-refractivity contribution in [2.45, 2.75) is 109 Å². The number of amides is 1. The molecule has 15 heteroatoms. The molecule has 0 spiro atoms. The molecule has 2 aromatic rings. The zero-order valence-corrected chi connectivity index (χ0v) is 29.9. The van der Waals surface area contributed by atoms with E-state index in [0.29, 0.717) is 18.2 Å². The predicted molar refractivity (Wildman–Crippen MR) is 176 cm³/mol. The highest BCUT2D eigenvalue weighted by molar-refractivity contribution is 7.99. The Kier molecular flexibility index (Phi) is 11.5. The van der Waals surface area contributed by atoms with E-state index in [4.69, 9.17) is 18.9 Å². The van der Waals surface area contributed by atoms with Crippen molar-refractivity contribution in [2.75, 3.05) is 31.0 Å². The van der Waals surface area contributed by atoms with E-state index in [9.17, 15) is 13.2 Å². The zero-order valence-electron chi connectivity index (χ0n) is 28.2. The number of nitrogens with zero attached hydrogens (tertiary/aromatic N) is 5. The Bertz CT molecular complexity index is 1440. The van der Waals surface area contributed by atoms with Gasteiger partial charge in [-0.25, -0.2) is 9.52 Å². The second-order valence-corrected chi connectivity index (χ2v) is 16.5. The van der Waals surface area contributed by atoms with Crippen LogP contribution in [0.25, 0.3) is 0 Å². The number of carbonyl (C=O) groups is 1. The van der Waals surface area contributed by atoms with Crippen molar-refractivity contribution in [3.63, 3.8) is 0 Å². The van der Waals surface area contributed by atoms with E-state index in [0.717, 1.165) is 5.56 Å². The maximum Gasteiger partial charge on any atom is 0.410 e. The van der Waals surface area contributed by atoms with Crippen molar-refractivity contribution < 1.29 is 32.2 Å². The van der Waals surface area contributed by atoms with Crippen molar-refractivity contribution in [1.29, 1.82) is 0 Å². The van der Waals surface area contributed by atoms with Crippen LogP contribution in [-0.2, 0) is 24.4 Å². The molecule has 2 fully saturated rings. The van der Waals surface area contributed by atoms with Gasteiger partial charge in [0.05, 0.1) is 6.61 Å². The van der Waals surface area contributed by atoms with Gasteiger partial charge in [-0.05, 0) is 66.4 Å². The molecule has 0 aliphatic carbocycles. The molecule has 3 heterocycles. The average molecular weight is 681 g/mol. The summed E-state index contributed by atoms with van der Waals surface area (Å²) in [6.07, 6.45) is -0.648. The maximum atomic E-state index is 13.6. The average Bonchev–Trinajstić information content (AvgIpc) is 3.31. The van der Waals surface area contributed by atoms with Gasteiger partial charge < -0.3 is 23.8 Å². The quantitative estimate of drug-likeness (QED) is 0.310. The molecule has 2 aliphatic heterocycles. The van der Waals surface area contributed by atoms with Crippen molar-refractivity contribution in [2.24, 2.45) is 5.92 Å². The van der Waals surface area contributed by atoms with E-state index in [-0.39, 0.29) is 48.9 Å². The number of anilines is 1. The van der Waals surface area contributed by atoms with Crippen LogP contribution in [0.3, 0.4) is 0 Å². The predicted octanol–water partition coefficient (Wildman–Crippen LogP) is 5.27. The number of thioether (sulfide) groups is 1. The van der Waals surface area contributed by atoms with E-state index in [1.165, 1.54) is 21.0 Å². The summed E-state index contributed by atoms with van der Waals surface area (Å²) in [5.74, 6) is -0.646. The molecule has 4 atom stereocenters. The van der Waals surface area contributed by atoms with E-state index in [2.05, 4.69) is 33.5 Å². The first-order chi connectivity index (χ1) is 21.4. The fourth-order valence-corrected chi connectivity index (χ4v) is 7.19. The van der Waals surface area contributed by atoms with Gasteiger partial charge in [-0.15, -0.1) is 0 Å². The Morgan fingerprint density at radius 3 is 2.41 bits per heavy atom. The van der Waals surface area contributed by atoms with Gasteiger partial charge in [0.25, 0.3) is 0 Å². The summed E-state index contributed by atoms with van der Waals surface area (Å²) in [6.45, 7) is 17.7. The topological polar surface area (TPSA) is 145 Å². The lowest BCUT2D eigenvalue weighted by Gasteiger charge is -2.39. The van der Waals surface area contributed by atoms with Crippen LogP contribution in [-0.4, -0.2) is 94.5 Å². The van der Waals surface area contributed by atoms with E-state index in [1.54, 1.807) is 27.7 Å². The third kappa shape index (κ3) is 10.1. The molecule has 0 bridgehead atoms. The fraction of sp³-hybridized carbons (Fsp3) is 0.677. The number of piperazine rings is 1. The SMILES string of the molecule is CC(C)C[C@@H](Oc1nc(NS(=O)(=O)N2CCN(C(=O)OC(C)(C)C)[C@@H](C)C2)nc(SC(C)c2ccccc2)n1)[C@@H]1COC(C)(C)O1. The summed E-state index contributed by atoms with van der Waals surface area (Å²) in [5.41, 5.74) is 0.403. The largest absolute Gasteiger partial charge is 0.457 e. The molecule has 0 saturated carbocycles. The molecule has 2 aliphatic rings. The summed E-state index contributed by atoms with van der Waals surface area (Å²) in [4.78, 5) is 27.7. The van der Waals surface area contributed by atoms with E-state index < -0.39 is 39.8 Å². The molecule has 13 nitrogen and oxygen atoms in total. The molecule has 1 amide bonds. The highest BCUT2D eigenvalue weighted by Crippen LogP contribution is 2.34. The Labute approximate surface area is 277 Å². The minimum atomic E-state index is -4.10. The second kappa shape index (κ2) is 14.6. The van der Waals surface area contributed by atoms with Crippen LogP contribution >= 0.6 is 11.8 Å². The van der Waals surface area contributed by atoms with Crippen LogP contribution in [0.15, 0.2) is 35.5 Å². The first kappa shape index (κ1) is 36.1. The molecule has 46 heavy (non-hydrogen) atoms. The highest BCUT2D eigenvalue weighted by Gasteiger charge is 2.40. The number of aromatic nitrogens is 3. The number of nitrogens with one attached hydrogen (secondary N) is 1. The van der Waals surface area contributed by atoms with Crippen molar-refractivity contribution in [3.05, 3.63) is 35.9 Å². The van der Waals surface area contributed by atoms with Gasteiger partial charge in [-0.3, -0.25) is 0 Å². The molecule has 1 aromatic heterocycles. The standard InChI is InChI=1S/C31H48N6O7S2/c1-20(2)17-24(25-19-41-31(8,9)43-25)42-27-32-26(33-28(34-27)45-22(4)23-13-11-10-12-14-23)35-46(39,40)36-15-16-37(21(3)18-36)29(38)44-30(5,6)7/h10-14,20-22,24-25H,15-19H2,1-9H3,(H,32,33,34,35)/t21-,22?,24+,25-/m0/s1. The lowest BCUT2D eigenvalue weighted by Crippen LogP contribution is -2.57. The summed E-state index contributed by atoms with van der Waals surface area (Å²) in [6, 6.07) is 9.45. The normalized spacial score (nSPS) is 22.0.